The Hall–Kier alpha value is -1.76. The third kappa shape index (κ3) is 6.89. The van der Waals surface area contributed by atoms with Gasteiger partial charge in [0.25, 0.3) is 0 Å². The summed E-state index contributed by atoms with van der Waals surface area (Å²) in [5.41, 5.74) is 1.11. The van der Waals surface area contributed by atoms with E-state index in [0.29, 0.717) is 15.6 Å². The van der Waals surface area contributed by atoms with E-state index in [9.17, 15) is 14.0 Å². The molecule has 162 valence electrons. The third-order valence-electron chi connectivity index (χ3n) is 4.43. The molecule has 30 heavy (non-hydrogen) atoms. The van der Waals surface area contributed by atoms with Crippen molar-refractivity contribution in [1.82, 2.24) is 10.2 Å². The van der Waals surface area contributed by atoms with Crippen LogP contribution in [-0.4, -0.2) is 34.6 Å². The van der Waals surface area contributed by atoms with Crippen molar-refractivity contribution in [1.29, 1.82) is 0 Å². The fraction of sp³-hybridized carbons (Fsp3) is 0.364. The first kappa shape index (κ1) is 24.5. The van der Waals surface area contributed by atoms with Gasteiger partial charge in [0.2, 0.25) is 11.8 Å². The molecule has 4 nitrogen and oxygen atoms in total. The van der Waals surface area contributed by atoms with E-state index >= 15 is 0 Å². The molecule has 0 aliphatic carbocycles. The van der Waals surface area contributed by atoms with Gasteiger partial charge in [0.1, 0.15) is 11.9 Å². The first-order valence-electron chi connectivity index (χ1n) is 9.54. The lowest BCUT2D eigenvalue weighted by Gasteiger charge is -2.29. The smallest absolute Gasteiger partial charge is 0.242 e. The van der Waals surface area contributed by atoms with Crippen LogP contribution in [0.15, 0.2) is 42.5 Å². The van der Waals surface area contributed by atoms with Crippen molar-refractivity contribution in [2.24, 2.45) is 0 Å². The number of halogens is 3. The van der Waals surface area contributed by atoms with Gasteiger partial charge in [-0.05, 0) is 44.5 Å². The summed E-state index contributed by atoms with van der Waals surface area (Å²) in [5.74, 6) is -0.551. The normalized spacial score (nSPS) is 12.0. The van der Waals surface area contributed by atoms with E-state index in [1.54, 1.807) is 25.1 Å². The first-order valence-corrected chi connectivity index (χ1v) is 11.5. The van der Waals surface area contributed by atoms with Gasteiger partial charge in [-0.2, -0.15) is 0 Å². The first-order chi connectivity index (χ1) is 14.2. The van der Waals surface area contributed by atoms with Gasteiger partial charge in [0.15, 0.2) is 0 Å². The molecule has 2 aromatic carbocycles. The summed E-state index contributed by atoms with van der Waals surface area (Å²) in [6, 6.07) is 11.0. The fourth-order valence-electron chi connectivity index (χ4n) is 2.79. The predicted molar refractivity (Wildman–Crippen MR) is 122 cm³/mol. The van der Waals surface area contributed by atoms with Crippen LogP contribution in [0.5, 0.6) is 0 Å². The maximum Gasteiger partial charge on any atom is 0.242 e. The van der Waals surface area contributed by atoms with Crippen molar-refractivity contribution in [3.8, 4) is 0 Å². The van der Waals surface area contributed by atoms with E-state index in [2.05, 4.69) is 5.32 Å². The number of hydrogen-bond acceptors (Lipinski definition) is 3. The van der Waals surface area contributed by atoms with Gasteiger partial charge in [-0.3, -0.25) is 9.59 Å². The van der Waals surface area contributed by atoms with Gasteiger partial charge in [-0.25, -0.2) is 4.39 Å². The molecule has 0 aliphatic rings. The number of benzene rings is 2. The number of nitrogens with zero attached hydrogens (tertiary/aromatic N) is 1. The Morgan fingerprint density at radius 1 is 1.07 bits per heavy atom. The molecule has 1 atom stereocenters. The van der Waals surface area contributed by atoms with E-state index < -0.39 is 11.9 Å². The quantitative estimate of drug-likeness (QED) is 0.540. The van der Waals surface area contributed by atoms with Gasteiger partial charge in [0, 0.05) is 33.9 Å². The highest BCUT2D eigenvalue weighted by atomic mass is 35.5. The predicted octanol–water partition coefficient (Wildman–Crippen LogP) is 5.31. The van der Waals surface area contributed by atoms with Crippen LogP contribution in [-0.2, 0) is 21.9 Å². The summed E-state index contributed by atoms with van der Waals surface area (Å²) >= 11 is 13.6. The highest BCUT2D eigenvalue weighted by Crippen LogP contribution is 2.25. The summed E-state index contributed by atoms with van der Waals surface area (Å²) in [4.78, 5) is 27.0. The molecule has 0 saturated carbocycles. The lowest BCUT2D eigenvalue weighted by molar-refractivity contribution is -0.138. The Morgan fingerprint density at radius 2 is 1.73 bits per heavy atom. The fourth-order valence-corrected chi connectivity index (χ4v) is 4.24. The van der Waals surface area contributed by atoms with Gasteiger partial charge in [-0.1, -0.05) is 47.5 Å². The SMILES string of the molecule is CC(C)NC(=O)[C@H](C)N(Cc1ccccc1Cl)C(=O)CSCc1c(F)cccc1Cl. The van der Waals surface area contributed by atoms with Crippen molar-refractivity contribution in [3.05, 3.63) is 69.5 Å². The molecule has 0 unspecified atom stereocenters. The molecule has 0 bridgehead atoms. The highest BCUT2D eigenvalue weighted by Gasteiger charge is 2.27. The lowest BCUT2D eigenvalue weighted by atomic mass is 10.1. The molecule has 1 N–H and O–H groups in total. The molecule has 0 aliphatic heterocycles. The van der Waals surface area contributed by atoms with Crippen molar-refractivity contribution in [2.75, 3.05) is 5.75 Å². The minimum Gasteiger partial charge on any atom is -0.352 e. The molecule has 8 heteroatoms. The van der Waals surface area contributed by atoms with Gasteiger partial charge < -0.3 is 10.2 Å². The standard InChI is InChI=1S/C22H25Cl2FN2O2S/c1-14(2)26-22(29)15(3)27(11-16-7-4-5-8-18(16)23)21(28)13-30-12-17-19(24)9-6-10-20(17)25/h4-10,14-15H,11-13H2,1-3H3,(H,26,29)/t15-/m0/s1. The Morgan fingerprint density at radius 3 is 2.37 bits per heavy atom. The molecule has 0 heterocycles. The lowest BCUT2D eigenvalue weighted by Crippen LogP contribution is -2.49. The summed E-state index contributed by atoms with van der Waals surface area (Å²) < 4.78 is 14.0. The molecule has 0 radical (unpaired) electrons. The van der Waals surface area contributed by atoms with E-state index in [1.807, 2.05) is 26.0 Å². The number of thioether (sulfide) groups is 1. The van der Waals surface area contributed by atoms with E-state index in [-0.39, 0.29) is 35.9 Å². The van der Waals surface area contributed by atoms with Gasteiger partial charge in [-0.15, -0.1) is 11.8 Å². The van der Waals surface area contributed by atoms with Gasteiger partial charge in [0.05, 0.1) is 5.75 Å². The van der Waals surface area contributed by atoms with Crippen molar-refractivity contribution < 1.29 is 14.0 Å². The molecule has 2 amide bonds. The number of carbonyl (C=O) groups excluding carboxylic acids is 2. The Bertz CT molecular complexity index is 875. The Kier molecular flexibility index (Phi) is 9.46. The molecular formula is C22H25Cl2FN2O2S. The summed E-state index contributed by atoms with van der Waals surface area (Å²) in [5, 5.41) is 3.69. The number of carbonyl (C=O) groups is 2. The molecule has 2 rings (SSSR count). The zero-order valence-electron chi connectivity index (χ0n) is 17.1. The monoisotopic (exact) mass is 470 g/mol. The maximum atomic E-state index is 14.0. The van der Waals surface area contributed by atoms with Crippen LogP contribution >= 0.6 is 35.0 Å². The molecular weight excluding hydrogens is 446 g/mol. The zero-order chi connectivity index (χ0) is 22.3. The number of nitrogens with one attached hydrogen (secondary N) is 1. The minimum atomic E-state index is -0.686. The summed E-state index contributed by atoms with van der Waals surface area (Å²) in [6.07, 6.45) is 0. The Balaban J connectivity index is 2.13. The molecule has 0 aromatic heterocycles. The van der Waals surface area contributed by atoms with Crippen LogP contribution in [0.25, 0.3) is 0 Å². The summed E-state index contributed by atoms with van der Waals surface area (Å²) in [7, 11) is 0. The number of hydrogen-bond donors (Lipinski definition) is 1. The second-order valence-corrected chi connectivity index (χ2v) is 8.95. The van der Waals surface area contributed by atoms with E-state index in [1.165, 1.54) is 28.8 Å². The Labute approximate surface area is 191 Å². The second-order valence-electron chi connectivity index (χ2n) is 7.15. The average molecular weight is 471 g/mol. The van der Waals surface area contributed by atoms with Crippen molar-refractivity contribution in [2.45, 2.75) is 45.2 Å². The largest absolute Gasteiger partial charge is 0.352 e. The second kappa shape index (κ2) is 11.6. The van der Waals surface area contributed by atoms with Crippen LogP contribution < -0.4 is 5.32 Å². The number of rotatable bonds is 9. The maximum absolute atomic E-state index is 14.0. The van der Waals surface area contributed by atoms with Crippen LogP contribution in [0.1, 0.15) is 31.9 Å². The highest BCUT2D eigenvalue weighted by molar-refractivity contribution is 7.99. The van der Waals surface area contributed by atoms with E-state index in [0.717, 1.165) is 5.56 Å². The van der Waals surface area contributed by atoms with Crippen LogP contribution in [0.2, 0.25) is 10.0 Å². The average Bonchev–Trinajstić information content (AvgIpc) is 2.68. The molecule has 0 saturated heterocycles. The zero-order valence-corrected chi connectivity index (χ0v) is 19.5. The molecule has 2 aromatic rings. The van der Waals surface area contributed by atoms with Crippen LogP contribution in [0, 0.1) is 5.82 Å². The van der Waals surface area contributed by atoms with Crippen LogP contribution in [0.4, 0.5) is 4.39 Å². The van der Waals surface area contributed by atoms with Crippen LogP contribution in [0.3, 0.4) is 0 Å². The third-order valence-corrected chi connectivity index (χ3v) is 6.10. The van der Waals surface area contributed by atoms with E-state index in [4.69, 9.17) is 23.2 Å². The minimum absolute atomic E-state index is 0.0465. The van der Waals surface area contributed by atoms with Crippen molar-refractivity contribution in [3.63, 3.8) is 0 Å². The number of amides is 2. The summed E-state index contributed by atoms with van der Waals surface area (Å²) in [6.45, 7) is 5.61. The molecule has 0 fully saturated rings. The van der Waals surface area contributed by atoms with Crippen molar-refractivity contribution >= 4 is 46.8 Å². The topological polar surface area (TPSA) is 49.4 Å². The molecule has 0 spiro atoms. The van der Waals surface area contributed by atoms with Gasteiger partial charge >= 0.3 is 0 Å².